The summed E-state index contributed by atoms with van der Waals surface area (Å²) in [5.74, 6) is 0.0734. The van der Waals surface area contributed by atoms with E-state index in [-0.39, 0.29) is 24.1 Å². The molecule has 1 heterocycles. The second-order valence-corrected chi connectivity index (χ2v) is 6.68. The third-order valence-electron chi connectivity index (χ3n) is 4.82. The van der Waals surface area contributed by atoms with Gasteiger partial charge in [-0.25, -0.2) is 4.98 Å². The summed E-state index contributed by atoms with van der Waals surface area (Å²) in [4.78, 5) is 28.3. The minimum absolute atomic E-state index is 0.151. The highest BCUT2D eigenvalue weighted by Gasteiger charge is 2.18. The third-order valence-corrected chi connectivity index (χ3v) is 4.82. The number of hydrogen-bond donors (Lipinski definition) is 4. The SMILES string of the molecule is CCc1c(-c2ccc(C(=O)NC)cc2)cnc(NC(=O)CN)c1-c1ccc(O)cc1. The summed E-state index contributed by atoms with van der Waals surface area (Å²) in [6.45, 7) is 1.87. The molecule has 1 aromatic heterocycles. The van der Waals surface area contributed by atoms with Crippen LogP contribution in [0.2, 0.25) is 0 Å². The Labute approximate surface area is 175 Å². The van der Waals surface area contributed by atoms with E-state index in [1.165, 1.54) is 0 Å². The minimum atomic E-state index is -0.340. The molecule has 7 nitrogen and oxygen atoms in total. The Morgan fingerprint density at radius 2 is 1.67 bits per heavy atom. The number of rotatable bonds is 6. The number of hydrogen-bond acceptors (Lipinski definition) is 5. The maximum Gasteiger partial charge on any atom is 0.251 e. The molecule has 0 aliphatic rings. The van der Waals surface area contributed by atoms with E-state index in [0.717, 1.165) is 27.8 Å². The van der Waals surface area contributed by atoms with Crippen molar-refractivity contribution in [2.75, 3.05) is 18.9 Å². The lowest BCUT2D eigenvalue weighted by Crippen LogP contribution is -2.23. The number of nitrogens with one attached hydrogen (secondary N) is 2. The van der Waals surface area contributed by atoms with Gasteiger partial charge in [-0.3, -0.25) is 9.59 Å². The van der Waals surface area contributed by atoms with Crippen molar-refractivity contribution < 1.29 is 14.7 Å². The number of nitrogens with two attached hydrogens (primary N) is 1. The van der Waals surface area contributed by atoms with E-state index < -0.39 is 0 Å². The molecule has 0 spiro atoms. The molecule has 2 aromatic carbocycles. The maximum atomic E-state index is 11.9. The van der Waals surface area contributed by atoms with Gasteiger partial charge in [-0.05, 0) is 47.4 Å². The van der Waals surface area contributed by atoms with E-state index in [1.54, 1.807) is 49.6 Å². The molecule has 2 amide bonds. The van der Waals surface area contributed by atoms with Crippen LogP contribution in [0.4, 0.5) is 5.82 Å². The van der Waals surface area contributed by atoms with Crippen molar-refractivity contribution in [3.8, 4) is 28.0 Å². The van der Waals surface area contributed by atoms with E-state index in [9.17, 15) is 14.7 Å². The minimum Gasteiger partial charge on any atom is -0.508 e. The quantitative estimate of drug-likeness (QED) is 0.504. The van der Waals surface area contributed by atoms with Crippen LogP contribution in [0.1, 0.15) is 22.8 Å². The first kappa shape index (κ1) is 21.0. The highest BCUT2D eigenvalue weighted by Crippen LogP contribution is 2.37. The van der Waals surface area contributed by atoms with Crippen LogP contribution < -0.4 is 16.4 Å². The lowest BCUT2D eigenvalue weighted by molar-refractivity contribution is -0.114. The fourth-order valence-electron chi connectivity index (χ4n) is 3.33. The second kappa shape index (κ2) is 9.19. The van der Waals surface area contributed by atoms with Gasteiger partial charge in [0, 0.05) is 29.9 Å². The van der Waals surface area contributed by atoms with E-state index in [2.05, 4.69) is 15.6 Å². The third kappa shape index (κ3) is 4.31. The van der Waals surface area contributed by atoms with E-state index >= 15 is 0 Å². The normalized spacial score (nSPS) is 10.5. The number of phenolic OH excluding ortho intramolecular Hbond substituents is 1. The zero-order chi connectivity index (χ0) is 21.7. The number of aromatic hydroxyl groups is 1. The monoisotopic (exact) mass is 404 g/mol. The molecule has 3 rings (SSSR count). The molecule has 0 atom stereocenters. The molecule has 0 saturated carbocycles. The van der Waals surface area contributed by atoms with Crippen LogP contribution in [0, 0.1) is 0 Å². The van der Waals surface area contributed by atoms with E-state index in [1.807, 2.05) is 19.1 Å². The van der Waals surface area contributed by atoms with Crippen molar-refractivity contribution in [3.05, 3.63) is 65.9 Å². The first-order valence-electron chi connectivity index (χ1n) is 9.62. The molecular formula is C23H24N4O3. The Morgan fingerprint density at radius 3 is 2.23 bits per heavy atom. The van der Waals surface area contributed by atoms with Gasteiger partial charge in [0.05, 0.1) is 6.54 Å². The number of amides is 2. The first-order valence-corrected chi connectivity index (χ1v) is 9.62. The standard InChI is InChI=1S/C23H24N4O3/c1-3-18-19(14-4-6-16(7-5-14)23(30)25-2)13-26-22(27-20(29)12-24)21(18)15-8-10-17(28)11-9-15/h4-11,13,28H,3,12,24H2,1-2H3,(H,25,30)(H,26,27,29). The van der Waals surface area contributed by atoms with Crippen molar-refractivity contribution in [1.29, 1.82) is 0 Å². The van der Waals surface area contributed by atoms with Gasteiger partial charge in [-0.1, -0.05) is 31.2 Å². The summed E-state index contributed by atoms with van der Waals surface area (Å²) in [5, 5.41) is 15.0. The number of pyridine rings is 1. The van der Waals surface area contributed by atoms with Crippen molar-refractivity contribution in [2.45, 2.75) is 13.3 Å². The first-order chi connectivity index (χ1) is 14.5. The molecule has 0 saturated heterocycles. The van der Waals surface area contributed by atoms with Gasteiger partial charge >= 0.3 is 0 Å². The van der Waals surface area contributed by atoms with Crippen LogP contribution in [0.3, 0.4) is 0 Å². The van der Waals surface area contributed by atoms with Gasteiger partial charge < -0.3 is 21.5 Å². The smallest absolute Gasteiger partial charge is 0.251 e. The number of carbonyl (C=O) groups excluding carboxylic acids is 2. The van der Waals surface area contributed by atoms with Crippen LogP contribution in [0.5, 0.6) is 5.75 Å². The van der Waals surface area contributed by atoms with Crippen LogP contribution in [-0.2, 0) is 11.2 Å². The molecule has 7 heteroatoms. The molecule has 3 aromatic rings. The van der Waals surface area contributed by atoms with E-state index in [0.29, 0.717) is 17.8 Å². The Kier molecular flexibility index (Phi) is 6.44. The lowest BCUT2D eigenvalue weighted by atomic mass is 9.91. The number of phenols is 1. The lowest BCUT2D eigenvalue weighted by Gasteiger charge is -2.18. The number of benzene rings is 2. The summed E-state index contributed by atoms with van der Waals surface area (Å²) < 4.78 is 0. The molecule has 0 unspecified atom stereocenters. The average Bonchev–Trinajstić information content (AvgIpc) is 2.78. The number of carbonyl (C=O) groups is 2. The highest BCUT2D eigenvalue weighted by molar-refractivity contribution is 5.97. The van der Waals surface area contributed by atoms with E-state index in [4.69, 9.17) is 5.73 Å². The summed E-state index contributed by atoms with van der Waals surface area (Å²) in [5.41, 5.74) is 10.4. The molecule has 154 valence electrons. The fourth-order valence-corrected chi connectivity index (χ4v) is 3.33. The fraction of sp³-hybridized carbons (Fsp3) is 0.174. The van der Waals surface area contributed by atoms with Crippen LogP contribution >= 0.6 is 0 Å². The van der Waals surface area contributed by atoms with Crippen molar-refractivity contribution in [3.63, 3.8) is 0 Å². The number of anilines is 1. The van der Waals surface area contributed by atoms with Gasteiger partial charge in [-0.2, -0.15) is 0 Å². The zero-order valence-corrected chi connectivity index (χ0v) is 16.9. The Morgan fingerprint density at radius 1 is 1.03 bits per heavy atom. The average molecular weight is 404 g/mol. The van der Waals surface area contributed by atoms with Crippen LogP contribution in [0.25, 0.3) is 22.3 Å². The van der Waals surface area contributed by atoms with Crippen molar-refractivity contribution >= 4 is 17.6 Å². The summed E-state index contributed by atoms with van der Waals surface area (Å²) in [6.07, 6.45) is 2.39. The predicted molar refractivity (Wildman–Crippen MR) is 117 cm³/mol. The predicted octanol–water partition coefficient (Wildman–Crippen LogP) is 2.94. The van der Waals surface area contributed by atoms with Gasteiger partial charge in [0.15, 0.2) is 0 Å². The number of nitrogens with zero attached hydrogens (tertiary/aromatic N) is 1. The summed E-state index contributed by atoms with van der Waals surface area (Å²) in [7, 11) is 1.59. The molecular weight excluding hydrogens is 380 g/mol. The summed E-state index contributed by atoms with van der Waals surface area (Å²) >= 11 is 0. The largest absolute Gasteiger partial charge is 0.508 e. The number of aromatic nitrogens is 1. The maximum absolute atomic E-state index is 11.9. The Bertz CT molecular complexity index is 1060. The Hall–Kier alpha value is -3.71. The topological polar surface area (TPSA) is 117 Å². The second-order valence-electron chi connectivity index (χ2n) is 6.68. The molecule has 5 N–H and O–H groups in total. The van der Waals surface area contributed by atoms with Crippen molar-refractivity contribution in [2.24, 2.45) is 5.73 Å². The molecule has 0 radical (unpaired) electrons. The van der Waals surface area contributed by atoms with Crippen LogP contribution in [-0.4, -0.2) is 35.5 Å². The molecule has 0 aliphatic carbocycles. The zero-order valence-electron chi connectivity index (χ0n) is 16.9. The molecule has 0 bridgehead atoms. The van der Waals surface area contributed by atoms with Crippen LogP contribution in [0.15, 0.2) is 54.7 Å². The van der Waals surface area contributed by atoms with Gasteiger partial charge in [0.25, 0.3) is 5.91 Å². The van der Waals surface area contributed by atoms with Gasteiger partial charge in [0.1, 0.15) is 11.6 Å². The molecule has 0 fully saturated rings. The highest BCUT2D eigenvalue weighted by atomic mass is 16.3. The van der Waals surface area contributed by atoms with Gasteiger partial charge in [-0.15, -0.1) is 0 Å². The Balaban J connectivity index is 2.17. The molecule has 0 aliphatic heterocycles. The van der Waals surface area contributed by atoms with Crippen molar-refractivity contribution in [1.82, 2.24) is 10.3 Å². The van der Waals surface area contributed by atoms with Gasteiger partial charge in [0.2, 0.25) is 5.91 Å². The molecule has 30 heavy (non-hydrogen) atoms. The summed E-state index contributed by atoms with van der Waals surface area (Å²) in [6, 6.07) is 14.0.